The molecule has 0 aliphatic heterocycles. The van der Waals surface area contributed by atoms with Crippen molar-refractivity contribution in [2.75, 3.05) is 7.05 Å². The van der Waals surface area contributed by atoms with Crippen LogP contribution < -0.4 is 10.6 Å². The summed E-state index contributed by atoms with van der Waals surface area (Å²) in [6, 6.07) is -0.494. The largest absolute Gasteiger partial charge is 0.458 e. The van der Waals surface area contributed by atoms with Gasteiger partial charge in [0.2, 0.25) is 0 Å². The summed E-state index contributed by atoms with van der Waals surface area (Å²) in [6.07, 6.45) is 0.497. The maximum atomic E-state index is 11.9. The number of esters is 1. The van der Waals surface area contributed by atoms with Gasteiger partial charge in [0.1, 0.15) is 11.6 Å². The zero-order valence-electron chi connectivity index (χ0n) is 11.2. The summed E-state index contributed by atoms with van der Waals surface area (Å²) < 4.78 is 5.32. The van der Waals surface area contributed by atoms with Crippen molar-refractivity contribution in [2.24, 2.45) is 0 Å². The number of thiocarbonyl (C=S) groups is 1. The minimum atomic E-state index is -0.507. The Kier molecular flexibility index (Phi) is 6.16. The molecule has 0 aliphatic carbocycles. The van der Waals surface area contributed by atoms with Crippen LogP contribution in [0.1, 0.15) is 34.1 Å². The van der Waals surface area contributed by atoms with Gasteiger partial charge in [0, 0.05) is 7.05 Å². The highest BCUT2D eigenvalue weighted by Gasteiger charge is 2.25. The van der Waals surface area contributed by atoms with Crippen molar-refractivity contribution in [3.63, 3.8) is 0 Å². The van der Waals surface area contributed by atoms with Crippen molar-refractivity contribution < 1.29 is 9.53 Å². The Labute approximate surface area is 109 Å². The molecule has 0 amide bonds. The van der Waals surface area contributed by atoms with Crippen LogP contribution in [0.2, 0.25) is 0 Å². The molecule has 0 aromatic rings. The molecule has 0 heterocycles. The molecule has 17 heavy (non-hydrogen) atoms. The lowest BCUT2D eigenvalue weighted by atomic mass is 10.1. The molecule has 2 N–H and O–H groups in total. The maximum Gasteiger partial charge on any atom is 0.329 e. The Balaban J connectivity index is 4.61. The normalized spacial score (nSPS) is 12.5. The first kappa shape index (κ1) is 15.9. The Morgan fingerprint density at radius 3 is 2.35 bits per heavy atom. The summed E-state index contributed by atoms with van der Waals surface area (Å²) in [4.78, 5) is 11.9. The van der Waals surface area contributed by atoms with E-state index in [9.17, 15) is 4.79 Å². The Morgan fingerprint density at radius 1 is 1.47 bits per heavy atom. The topological polar surface area (TPSA) is 50.4 Å². The van der Waals surface area contributed by atoms with E-state index in [1.807, 2.05) is 27.7 Å². The van der Waals surface area contributed by atoms with E-state index in [0.717, 1.165) is 5.57 Å². The zero-order chi connectivity index (χ0) is 13.6. The van der Waals surface area contributed by atoms with Crippen molar-refractivity contribution in [2.45, 2.75) is 45.8 Å². The molecule has 4 nitrogen and oxygen atoms in total. The first-order valence-electron chi connectivity index (χ1n) is 5.51. The molecule has 0 saturated carbocycles. The summed E-state index contributed by atoms with van der Waals surface area (Å²) in [5.41, 5.74) is 0.389. The van der Waals surface area contributed by atoms with Crippen molar-refractivity contribution in [3.8, 4) is 0 Å². The minimum absolute atomic E-state index is 0.321. The summed E-state index contributed by atoms with van der Waals surface area (Å²) in [5.74, 6) is -0.321. The average Bonchev–Trinajstić information content (AvgIpc) is 2.13. The minimum Gasteiger partial charge on any atom is -0.458 e. The molecule has 0 aromatic carbocycles. The van der Waals surface area contributed by atoms with E-state index in [0.29, 0.717) is 11.5 Å². The third-order valence-corrected chi connectivity index (χ3v) is 2.10. The van der Waals surface area contributed by atoms with Gasteiger partial charge in [-0.15, -0.1) is 6.58 Å². The predicted octanol–water partition coefficient (Wildman–Crippen LogP) is 1.76. The van der Waals surface area contributed by atoms with E-state index in [1.165, 1.54) is 0 Å². The van der Waals surface area contributed by atoms with Crippen molar-refractivity contribution in [3.05, 3.63) is 12.2 Å². The molecule has 0 aromatic heterocycles. The molecule has 0 fully saturated rings. The fraction of sp³-hybridized carbons (Fsp3) is 0.667. The molecule has 1 atom stereocenters. The molecule has 1 unspecified atom stereocenters. The van der Waals surface area contributed by atoms with E-state index >= 15 is 0 Å². The van der Waals surface area contributed by atoms with Gasteiger partial charge in [-0.25, -0.2) is 4.79 Å². The number of carbonyl (C=O) groups is 1. The van der Waals surface area contributed by atoms with Gasteiger partial charge in [-0.1, -0.05) is 5.57 Å². The van der Waals surface area contributed by atoms with E-state index in [2.05, 4.69) is 17.2 Å². The highest BCUT2D eigenvalue weighted by atomic mass is 32.1. The van der Waals surface area contributed by atoms with E-state index in [-0.39, 0.29) is 5.97 Å². The third-order valence-electron chi connectivity index (χ3n) is 1.78. The molecule has 5 heteroatoms. The van der Waals surface area contributed by atoms with Crippen LogP contribution in [0.4, 0.5) is 0 Å². The molecular formula is C12H22N2O2S. The number of carbonyl (C=O) groups excluding carboxylic acids is 1. The van der Waals surface area contributed by atoms with Crippen LogP contribution in [0, 0.1) is 0 Å². The lowest BCUT2D eigenvalue weighted by Gasteiger charge is -2.25. The number of rotatable bonds is 4. The van der Waals surface area contributed by atoms with Crippen LogP contribution in [-0.2, 0) is 9.53 Å². The van der Waals surface area contributed by atoms with Gasteiger partial charge in [-0.2, -0.15) is 0 Å². The van der Waals surface area contributed by atoms with Gasteiger partial charge in [0.05, 0.1) is 0 Å². The van der Waals surface area contributed by atoms with Crippen LogP contribution in [0.3, 0.4) is 0 Å². The SMILES string of the molecule is C=C(C)CC(NC(=S)NC)C(=O)OC(C)(C)C. The molecule has 0 saturated heterocycles. The Morgan fingerprint density at radius 2 is 2.00 bits per heavy atom. The summed E-state index contributed by atoms with van der Waals surface area (Å²) in [7, 11) is 1.70. The van der Waals surface area contributed by atoms with E-state index in [4.69, 9.17) is 17.0 Å². The number of ether oxygens (including phenoxy) is 1. The smallest absolute Gasteiger partial charge is 0.329 e. The van der Waals surface area contributed by atoms with E-state index in [1.54, 1.807) is 7.05 Å². The maximum absolute atomic E-state index is 11.9. The van der Waals surface area contributed by atoms with Gasteiger partial charge in [-0.05, 0) is 46.3 Å². The fourth-order valence-electron chi connectivity index (χ4n) is 1.15. The first-order valence-corrected chi connectivity index (χ1v) is 5.92. The van der Waals surface area contributed by atoms with Crippen molar-refractivity contribution >= 4 is 23.3 Å². The molecule has 98 valence electrons. The number of hydrogen-bond donors (Lipinski definition) is 2. The number of nitrogens with one attached hydrogen (secondary N) is 2. The third kappa shape index (κ3) is 7.74. The van der Waals surface area contributed by atoms with Gasteiger partial charge in [0.15, 0.2) is 5.11 Å². The van der Waals surface area contributed by atoms with E-state index < -0.39 is 11.6 Å². The molecule has 0 radical (unpaired) electrons. The quantitative estimate of drug-likeness (QED) is 0.457. The van der Waals surface area contributed by atoms with Crippen LogP contribution in [-0.4, -0.2) is 29.8 Å². The second-order valence-corrected chi connectivity index (χ2v) is 5.38. The number of hydrogen-bond acceptors (Lipinski definition) is 3. The summed E-state index contributed by atoms with van der Waals surface area (Å²) in [5, 5.41) is 6.09. The monoisotopic (exact) mass is 258 g/mol. The molecule has 0 rings (SSSR count). The van der Waals surface area contributed by atoms with Gasteiger partial charge in [-0.3, -0.25) is 0 Å². The molecule has 0 aliphatic rings. The lowest BCUT2D eigenvalue weighted by molar-refractivity contribution is -0.157. The second-order valence-electron chi connectivity index (χ2n) is 4.97. The summed E-state index contributed by atoms with van der Waals surface area (Å²) in [6.45, 7) is 11.2. The van der Waals surface area contributed by atoms with Crippen molar-refractivity contribution in [1.82, 2.24) is 10.6 Å². The first-order chi connectivity index (χ1) is 7.65. The predicted molar refractivity (Wildman–Crippen MR) is 73.9 cm³/mol. The Hall–Kier alpha value is -1.10. The highest BCUT2D eigenvalue weighted by molar-refractivity contribution is 7.80. The fourth-order valence-corrected chi connectivity index (χ4v) is 1.29. The van der Waals surface area contributed by atoms with Crippen LogP contribution >= 0.6 is 12.2 Å². The Bertz CT molecular complexity index is 308. The average molecular weight is 258 g/mol. The van der Waals surface area contributed by atoms with Crippen LogP contribution in [0.15, 0.2) is 12.2 Å². The standard InChI is InChI=1S/C12H22N2O2S/c1-8(2)7-9(14-11(17)13-6)10(15)16-12(3,4)5/h9H,1,7H2,2-6H3,(H2,13,14,17). The zero-order valence-corrected chi connectivity index (χ0v) is 12.0. The van der Waals surface area contributed by atoms with Gasteiger partial charge in [0.25, 0.3) is 0 Å². The lowest BCUT2D eigenvalue weighted by Crippen LogP contribution is -2.47. The second kappa shape index (κ2) is 6.59. The van der Waals surface area contributed by atoms with Gasteiger partial charge >= 0.3 is 5.97 Å². The van der Waals surface area contributed by atoms with Crippen LogP contribution in [0.25, 0.3) is 0 Å². The highest BCUT2D eigenvalue weighted by Crippen LogP contribution is 2.11. The summed E-state index contributed by atoms with van der Waals surface area (Å²) >= 11 is 4.99. The van der Waals surface area contributed by atoms with Crippen molar-refractivity contribution in [1.29, 1.82) is 0 Å². The molecular weight excluding hydrogens is 236 g/mol. The van der Waals surface area contributed by atoms with Crippen LogP contribution in [0.5, 0.6) is 0 Å². The molecule has 0 spiro atoms. The van der Waals surface area contributed by atoms with Gasteiger partial charge < -0.3 is 15.4 Å². The molecule has 0 bridgehead atoms.